The molecule has 2 N–H and O–H groups in total. The summed E-state index contributed by atoms with van der Waals surface area (Å²) in [6.07, 6.45) is 0. The number of carbonyl (C=O) groups excluding carboxylic acids is 1. The van der Waals surface area contributed by atoms with Crippen molar-refractivity contribution in [2.24, 2.45) is 0 Å². The van der Waals surface area contributed by atoms with Gasteiger partial charge in [0.2, 0.25) is 0 Å². The molecular formula is C20H23N3O5S. The Kier molecular flexibility index (Phi) is 7.11. The van der Waals surface area contributed by atoms with E-state index in [1.54, 1.807) is 12.1 Å². The Balaban J connectivity index is 1.92. The monoisotopic (exact) mass is 417 g/mol. The zero-order chi connectivity index (χ0) is 21.6. The van der Waals surface area contributed by atoms with Crippen LogP contribution >= 0.6 is 12.2 Å². The Morgan fingerprint density at radius 1 is 1.17 bits per heavy atom. The molecule has 9 heteroatoms. The van der Waals surface area contributed by atoms with Gasteiger partial charge in [-0.05, 0) is 41.4 Å². The smallest absolute Gasteiger partial charge is 0.271 e. The maximum absolute atomic E-state index is 12.1. The molecule has 1 amide bonds. The molecule has 0 aliphatic carbocycles. The molecule has 0 saturated heterocycles. The number of non-ortho nitro benzene ring substituents is 1. The van der Waals surface area contributed by atoms with Crippen molar-refractivity contribution in [3.8, 4) is 11.5 Å². The van der Waals surface area contributed by atoms with E-state index in [1.807, 2.05) is 12.1 Å². The Bertz CT molecular complexity index is 907. The largest absolute Gasteiger partial charge is 0.495 e. The highest BCUT2D eigenvalue weighted by molar-refractivity contribution is 7.80. The van der Waals surface area contributed by atoms with Gasteiger partial charge in [0, 0.05) is 12.1 Å². The van der Waals surface area contributed by atoms with Crippen molar-refractivity contribution in [1.29, 1.82) is 0 Å². The van der Waals surface area contributed by atoms with E-state index in [2.05, 4.69) is 31.4 Å². The van der Waals surface area contributed by atoms with E-state index in [-0.39, 0.29) is 28.5 Å². The van der Waals surface area contributed by atoms with Crippen molar-refractivity contribution in [3.05, 3.63) is 58.1 Å². The van der Waals surface area contributed by atoms with E-state index in [1.165, 1.54) is 25.3 Å². The number of thiocarbonyl (C=S) groups is 1. The van der Waals surface area contributed by atoms with E-state index in [0.717, 1.165) is 5.56 Å². The van der Waals surface area contributed by atoms with Gasteiger partial charge >= 0.3 is 0 Å². The number of rotatable bonds is 6. The molecule has 2 rings (SSSR count). The van der Waals surface area contributed by atoms with Crippen molar-refractivity contribution in [1.82, 2.24) is 5.32 Å². The minimum atomic E-state index is -0.537. The van der Waals surface area contributed by atoms with Gasteiger partial charge in [0.1, 0.15) is 11.5 Å². The summed E-state index contributed by atoms with van der Waals surface area (Å²) in [5.74, 6) is 0.446. The van der Waals surface area contributed by atoms with Crippen molar-refractivity contribution >= 4 is 34.6 Å². The zero-order valence-electron chi connectivity index (χ0n) is 16.6. The molecule has 0 aliphatic heterocycles. The Morgan fingerprint density at radius 2 is 1.83 bits per heavy atom. The van der Waals surface area contributed by atoms with E-state index in [4.69, 9.17) is 21.7 Å². The number of methoxy groups -OCH3 is 1. The number of nitrogens with one attached hydrogen (secondary N) is 2. The Hall–Kier alpha value is -3.20. The van der Waals surface area contributed by atoms with Crippen molar-refractivity contribution < 1.29 is 19.2 Å². The molecule has 0 unspecified atom stereocenters. The van der Waals surface area contributed by atoms with Gasteiger partial charge < -0.3 is 14.8 Å². The predicted molar refractivity (Wildman–Crippen MR) is 115 cm³/mol. The van der Waals surface area contributed by atoms with Crippen LogP contribution in [0.1, 0.15) is 26.3 Å². The first kappa shape index (κ1) is 22.1. The summed E-state index contributed by atoms with van der Waals surface area (Å²) in [6.45, 7) is 6.10. The summed E-state index contributed by atoms with van der Waals surface area (Å²) in [7, 11) is 1.42. The number of nitro groups is 1. The fourth-order valence-electron chi connectivity index (χ4n) is 2.42. The van der Waals surface area contributed by atoms with Crippen molar-refractivity contribution in [2.45, 2.75) is 26.2 Å². The molecule has 0 fully saturated rings. The van der Waals surface area contributed by atoms with Crippen LogP contribution in [0.5, 0.6) is 11.5 Å². The number of ether oxygens (including phenoxy) is 2. The molecule has 154 valence electrons. The summed E-state index contributed by atoms with van der Waals surface area (Å²) < 4.78 is 10.6. The normalized spacial score (nSPS) is 10.8. The number of hydrogen-bond donors (Lipinski definition) is 2. The number of hydrogen-bond acceptors (Lipinski definition) is 6. The highest BCUT2D eigenvalue weighted by Crippen LogP contribution is 2.28. The fourth-order valence-corrected chi connectivity index (χ4v) is 2.65. The molecule has 8 nitrogen and oxygen atoms in total. The van der Waals surface area contributed by atoms with E-state index in [9.17, 15) is 14.9 Å². The minimum absolute atomic E-state index is 0.0273. The maximum Gasteiger partial charge on any atom is 0.271 e. The summed E-state index contributed by atoms with van der Waals surface area (Å²) >= 11 is 5.09. The molecular weight excluding hydrogens is 394 g/mol. The molecule has 0 saturated carbocycles. The quantitative estimate of drug-likeness (QED) is 0.419. The molecule has 2 aromatic rings. The van der Waals surface area contributed by atoms with Crippen LogP contribution in [-0.4, -0.2) is 29.7 Å². The van der Waals surface area contributed by atoms with Crippen LogP contribution < -0.4 is 20.1 Å². The first-order chi connectivity index (χ1) is 13.6. The topological polar surface area (TPSA) is 103 Å². The predicted octanol–water partition coefficient (Wildman–Crippen LogP) is 3.79. The summed E-state index contributed by atoms with van der Waals surface area (Å²) in [6, 6.07) is 11.5. The molecule has 0 aliphatic rings. The number of anilines is 1. The van der Waals surface area contributed by atoms with Gasteiger partial charge in [-0.1, -0.05) is 32.9 Å². The van der Waals surface area contributed by atoms with Crippen LogP contribution in [0.2, 0.25) is 0 Å². The highest BCUT2D eigenvalue weighted by Gasteiger charge is 2.15. The number of nitrogens with zero attached hydrogens (tertiary/aromatic N) is 1. The molecule has 0 bridgehead atoms. The Labute approximate surface area is 174 Å². The molecule has 29 heavy (non-hydrogen) atoms. The van der Waals surface area contributed by atoms with Crippen LogP contribution in [0.15, 0.2) is 42.5 Å². The van der Waals surface area contributed by atoms with Crippen LogP contribution in [-0.2, 0) is 10.2 Å². The lowest BCUT2D eigenvalue weighted by Gasteiger charge is -2.19. The van der Waals surface area contributed by atoms with Gasteiger partial charge in [-0.3, -0.25) is 20.2 Å². The average Bonchev–Trinajstić information content (AvgIpc) is 2.65. The molecule has 0 atom stereocenters. The molecule has 2 aromatic carbocycles. The number of carbonyl (C=O) groups is 1. The van der Waals surface area contributed by atoms with Gasteiger partial charge in [-0.15, -0.1) is 0 Å². The lowest BCUT2D eigenvalue weighted by Crippen LogP contribution is -2.37. The second-order valence-corrected chi connectivity index (χ2v) is 7.62. The number of nitro benzene ring substituents is 1. The standard InChI is InChI=1S/C20H23N3O5S/c1-20(2,3)13-5-8-15(9-6-13)28-12-18(24)22-19(29)21-16-11-14(23(25)26)7-10-17(16)27-4/h5-11H,12H2,1-4H3,(H2,21,22,24,29). The third kappa shape index (κ3) is 6.42. The second-order valence-electron chi connectivity index (χ2n) is 7.21. The minimum Gasteiger partial charge on any atom is -0.495 e. The fraction of sp³-hybridized carbons (Fsp3) is 0.300. The van der Waals surface area contributed by atoms with E-state index < -0.39 is 10.8 Å². The lowest BCUT2D eigenvalue weighted by atomic mass is 9.87. The third-order valence-corrected chi connectivity index (χ3v) is 4.19. The van der Waals surface area contributed by atoms with Gasteiger partial charge in [-0.25, -0.2) is 0 Å². The summed E-state index contributed by atoms with van der Waals surface area (Å²) in [5.41, 5.74) is 1.32. The SMILES string of the molecule is COc1ccc([N+](=O)[O-])cc1NC(=S)NC(=O)COc1ccc(C(C)(C)C)cc1. The van der Waals surface area contributed by atoms with Crippen LogP contribution in [0.25, 0.3) is 0 Å². The van der Waals surface area contributed by atoms with Gasteiger partial charge in [0.15, 0.2) is 11.7 Å². The van der Waals surface area contributed by atoms with Crippen LogP contribution in [0.3, 0.4) is 0 Å². The molecule has 0 aromatic heterocycles. The Morgan fingerprint density at radius 3 is 2.38 bits per heavy atom. The third-order valence-electron chi connectivity index (χ3n) is 3.99. The van der Waals surface area contributed by atoms with Crippen molar-refractivity contribution in [3.63, 3.8) is 0 Å². The second kappa shape index (κ2) is 9.33. The first-order valence-electron chi connectivity index (χ1n) is 8.77. The lowest BCUT2D eigenvalue weighted by molar-refractivity contribution is -0.384. The number of benzene rings is 2. The van der Waals surface area contributed by atoms with Gasteiger partial charge in [0.05, 0.1) is 17.7 Å². The van der Waals surface area contributed by atoms with Crippen LogP contribution in [0.4, 0.5) is 11.4 Å². The summed E-state index contributed by atoms with van der Waals surface area (Å²) in [4.78, 5) is 22.5. The van der Waals surface area contributed by atoms with E-state index in [0.29, 0.717) is 11.5 Å². The molecule has 0 heterocycles. The highest BCUT2D eigenvalue weighted by atomic mass is 32.1. The average molecular weight is 417 g/mol. The van der Waals surface area contributed by atoms with E-state index >= 15 is 0 Å². The first-order valence-corrected chi connectivity index (χ1v) is 9.17. The zero-order valence-corrected chi connectivity index (χ0v) is 17.5. The van der Waals surface area contributed by atoms with Crippen LogP contribution in [0, 0.1) is 10.1 Å². The summed E-state index contributed by atoms with van der Waals surface area (Å²) in [5, 5.41) is 16.1. The molecule has 0 radical (unpaired) electrons. The number of amides is 1. The van der Waals surface area contributed by atoms with Gasteiger partial charge in [0.25, 0.3) is 11.6 Å². The molecule has 0 spiro atoms. The maximum atomic E-state index is 12.1. The van der Waals surface area contributed by atoms with Gasteiger partial charge in [-0.2, -0.15) is 0 Å². The van der Waals surface area contributed by atoms with Crippen molar-refractivity contribution in [2.75, 3.05) is 19.0 Å².